The first-order valence-electron chi connectivity index (χ1n) is 9.16. The predicted octanol–water partition coefficient (Wildman–Crippen LogP) is 2.74. The highest BCUT2D eigenvalue weighted by atomic mass is 16.6. The van der Waals surface area contributed by atoms with E-state index in [1.54, 1.807) is 37.4 Å². The van der Waals surface area contributed by atoms with Gasteiger partial charge < -0.3 is 15.0 Å². The molecule has 0 atom stereocenters. The maximum Gasteiger partial charge on any atom is 0.269 e. The van der Waals surface area contributed by atoms with Gasteiger partial charge in [0, 0.05) is 41.6 Å². The highest BCUT2D eigenvalue weighted by Gasteiger charge is 2.08. The second-order valence-electron chi connectivity index (χ2n) is 6.60. The molecule has 1 aromatic heterocycles. The summed E-state index contributed by atoms with van der Waals surface area (Å²) in [6.07, 6.45) is 1.09. The molecule has 1 amide bonds. The lowest BCUT2D eigenvalue weighted by Gasteiger charge is -2.07. The standard InChI is InChI=1S/C21H21N3O5/c1-29-18-7-8-19-16(13-18)12-15(21(26)23-19)4-9-20(25)22-11-10-14-2-5-17(6-3-14)24(27)28/h2-3,5-8,12-13H,4,9-11H2,1H3,(H,22,25)(H,23,26). The molecule has 0 unspecified atom stereocenters. The molecular weight excluding hydrogens is 374 g/mol. The fourth-order valence-corrected chi connectivity index (χ4v) is 3.01. The van der Waals surface area contributed by atoms with Crippen LogP contribution in [0.15, 0.2) is 53.3 Å². The van der Waals surface area contributed by atoms with Crippen LogP contribution >= 0.6 is 0 Å². The molecule has 0 saturated carbocycles. The molecule has 0 saturated heterocycles. The lowest BCUT2D eigenvalue weighted by atomic mass is 10.1. The number of amides is 1. The van der Waals surface area contributed by atoms with Gasteiger partial charge in [-0.05, 0) is 42.7 Å². The average Bonchev–Trinajstić information content (AvgIpc) is 2.72. The van der Waals surface area contributed by atoms with Gasteiger partial charge in [-0.3, -0.25) is 19.7 Å². The number of ether oxygens (including phenoxy) is 1. The van der Waals surface area contributed by atoms with Crippen molar-refractivity contribution in [3.63, 3.8) is 0 Å². The van der Waals surface area contributed by atoms with E-state index in [1.165, 1.54) is 12.1 Å². The van der Waals surface area contributed by atoms with Crippen LogP contribution in [0.4, 0.5) is 5.69 Å². The van der Waals surface area contributed by atoms with Crippen molar-refractivity contribution in [3.8, 4) is 5.75 Å². The fourth-order valence-electron chi connectivity index (χ4n) is 3.01. The van der Waals surface area contributed by atoms with Crippen LogP contribution in [0.5, 0.6) is 5.75 Å². The van der Waals surface area contributed by atoms with Gasteiger partial charge in [0.1, 0.15) is 5.75 Å². The molecule has 0 aliphatic carbocycles. The van der Waals surface area contributed by atoms with Crippen LogP contribution in [0, 0.1) is 10.1 Å². The van der Waals surface area contributed by atoms with Crippen molar-refractivity contribution in [1.29, 1.82) is 0 Å². The van der Waals surface area contributed by atoms with Crippen LogP contribution in [0.3, 0.4) is 0 Å². The molecule has 0 bridgehead atoms. The van der Waals surface area contributed by atoms with E-state index in [1.807, 2.05) is 6.07 Å². The first-order valence-corrected chi connectivity index (χ1v) is 9.16. The first-order chi connectivity index (χ1) is 14.0. The first kappa shape index (κ1) is 20.1. The van der Waals surface area contributed by atoms with Crippen molar-refractivity contribution >= 4 is 22.5 Å². The molecule has 8 nitrogen and oxygen atoms in total. The smallest absolute Gasteiger partial charge is 0.269 e. The Labute approximate surface area is 166 Å². The molecule has 0 fully saturated rings. The lowest BCUT2D eigenvalue weighted by molar-refractivity contribution is -0.384. The summed E-state index contributed by atoms with van der Waals surface area (Å²) >= 11 is 0. The van der Waals surface area contributed by atoms with Gasteiger partial charge in [0.25, 0.3) is 11.2 Å². The van der Waals surface area contributed by atoms with E-state index in [0.29, 0.717) is 36.2 Å². The summed E-state index contributed by atoms with van der Waals surface area (Å²) in [5.74, 6) is 0.538. The molecule has 0 aliphatic heterocycles. The van der Waals surface area contributed by atoms with Crippen LogP contribution in [-0.4, -0.2) is 29.5 Å². The number of aromatic nitrogens is 1. The van der Waals surface area contributed by atoms with Crippen molar-refractivity contribution in [2.24, 2.45) is 0 Å². The zero-order valence-corrected chi connectivity index (χ0v) is 15.9. The molecule has 3 aromatic rings. The predicted molar refractivity (Wildman–Crippen MR) is 109 cm³/mol. The number of fused-ring (bicyclic) bond motifs is 1. The van der Waals surface area contributed by atoms with Gasteiger partial charge in [0.15, 0.2) is 0 Å². The number of nitrogens with zero attached hydrogens (tertiary/aromatic N) is 1. The number of nitrogens with one attached hydrogen (secondary N) is 2. The Hall–Kier alpha value is -3.68. The fraction of sp³-hybridized carbons (Fsp3) is 0.238. The van der Waals surface area contributed by atoms with Gasteiger partial charge >= 0.3 is 0 Å². The molecule has 8 heteroatoms. The molecule has 1 heterocycles. The zero-order valence-electron chi connectivity index (χ0n) is 15.9. The Morgan fingerprint density at radius 1 is 1.14 bits per heavy atom. The summed E-state index contributed by atoms with van der Waals surface area (Å²) in [6.45, 7) is 0.419. The van der Waals surface area contributed by atoms with Crippen LogP contribution in [-0.2, 0) is 17.6 Å². The number of benzene rings is 2. The van der Waals surface area contributed by atoms with Crippen LogP contribution in [0.25, 0.3) is 10.9 Å². The normalized spacial score (nSPS) is 10.7. The number of carbonyl (C=O) groups excluding carboxylic acids is 1. The van der Waals surface area contributed by atoms with Gasteiger partial charge in [-0.2, -0.15) is 0 Å². The average molecular weight is 395 g/mol. The maximum absolute atomic E-state index is 12.2. The Bertz CT molecular complexity index is 1090. The number of hydrogen-bond acceptors (Lipinski definition) is 5. The molecule has 0 aliphatic rings. The van der Waals surface area contributed by atoms with Crippen molar-refractivity contribution in [2.75, 3.05) is 13.7 Å². The minimum atomic E-state index is -0.448. The quantitative estimate of drug-likeness (QED) is 0.450. The molecule has 2 N–H and O–H groups in total. The number of nitro benzene ring substituents is 1. The van der Waals surface area contributed by atoms with Gasteiger partial charge in [-0.25, -0.2) is 0 Å². The Balaban J connectivity index is 1.53. The van der Waals surface area contributed by atoms with E-state index in [0.717, 1.165) is 10.9 Å². The van der Waals surface area contributed by atoms with Crippen LogP contribution < -0.4 is 15.6 Å². The summed E-state index contributed by atoms with van der Waals surface area (Å²) < 4.78 is 5.20. The topological polar surface area (TPSA) is 114 Å². The third-order valence-corrected chi connectivity index (χ3v) is 4.63. The van der Waals surface area contributed by atoms with Crippen molar-refractivity contribution in [2.45, 2.75) is 19.3 Å². The van der Waals surface area contributed by atoms with Crippen molar-refractivity contribution < 1.29 is 14.5 Å². The summed E-state index contributed by atoms with van der Waals surface area (Å²) in [5, 5.41) is 14.3. The Morgan fingerprint density at radius 2 is 1.90 bits per heavy atom. The molecule has 0 spiro atoms. The molecule has 3 rings (SSSR count). The summed E-state index contributed by atoms with van der Waals surface area (Å²) in [5.41, 5.74) is 1.98. The van der Waals surface area contributed by atoms with E-state index in [4.69, 9.17) is 4.74 Å². The van der Waals surface area contributed by atoms with E-state index in [2.05, 4.69) is 10.3 Å². The van der Waals surface area contributed by atoms with E-state index in [-0.39, 0.29) is 23.6 Å². The van der Waals surface area contributed by atoms with Crippen LogP contribution in [0.2, 0.25) is 0 Å². The minimum Gasteiger partial charge on any atom is -0.497 e. The largest absolute Gasteiger partial charge is 0.497 e. The number of nitro groups is 1. The SMILES string of the molecule is COc1ccc2[nH]c(=O)c(CCC(=O)NCCc3ccc([N+](=O)[O-])cc3)cc2c1. The highest BCUT2D eigenvalue weighted by molar-refractivity contribution is 5.81. The second kappa shape index (κ2) is 9.01. The lowest BCUT2D eigenvalue weighted by Crippen LogP contribution is -2.26. The number of methoxy groups -OCH3 is 1. The van der Waals surface area contributed by atoms with E-state index < -0.39 is 4.92 Å². The van der Waals surface area contributed by atoms with E-state index >= 15 is 0 Å². The number of hydrogen-bond donors (Lipinski definition) is 2. The van der Waals surface area contributed by atoms with Crippen molar-refractivity contribution in [1.82, 2.24) is 10.3 Å². The Morgan fingerprint density at radius 3 is 2.59 bits per heavy atom. The third kappa shape index (κ3) is 5.19. The maximum atomic E-state index is 12.2. The van der Waals surface area contributed by atoms with Gasteiger partial charge in [0.05, 0.1) is 12.0 Å². The van der Waals surface area contributed by atoms with Gasteiger partial charge in [-0.15, -0.1) is 0 Å². The van der Waals surface area contributed by atoms with Gasteiger partial charge in [0.2, 0.25) is 5.91 Å². The Kier molecular flexibility index (Phi) is 6.23. The van der Waals surface area contributed by atoms with Crippen LogP contribution in [0.1, 0.15) is 17.5 Å². The number of aryl methyl sites for hydroxylation is 1. The number of rotatable bonds is 8. The summed E-state index contributed by atoms with van der Waals surface area (Å²) in [6, 6.07) is 13.4. The third-order valence-electron chi connectivity index (χ3n) is 4.63. The van der Waals surface area contributed by atoms with Crippen molar-refractivity contribution in [3.05, 3.63) is 80.1 Å². The summed E-state index contributed by atoms with van der Waals surface area (Å²) in [7, 11) is 1.58. The number of non-ortho nitro benzene ring substituents is 1. The highest BCUT2D eigenvalue weighted by Crippen LogP contribution is 2.19. The molecule has 29 heavy (non-hydrogen) atoms. The minimum absolute atomic E-state index is 0.0380. The molecular formula is C21H21N3O5. The zero-order chi connectivity index (χ0) is 20.8. The molecule has 2 aromatic carbocycles. The monoisotopic (exact) mass is 395 g/mol. The number of aromatic amines is 1. The number of pyridine rings is 1. The number of H-pyrrole nitrogens is 1. The van der Waals surface area contributed by atoms with E-state index in [9.17, 15) is 19.7 Å². The second-order valence-corrected chi connectivity index (χ2v) is 6.60. The molecule has 150 valence electrons. The van der Waals surface area contributed by atoms with Gasteiger partial charge in [-0.1, -0.05) is 12.1 Å². The summed E-state index contributed by atoms with van der Waals surface area (Å²) in [4.78, 5) is 37.3. The number of carbonyl (C=O) groups is 1. The molecule has 0 radical (unpaired) electrons.